The highest BCUT2D eigenvalue weighted by atomic mass is 16.5. The van der Waals surface area contributed by atoms with Gasteiger partial charge in [-0.25, -0.2) is 0 Å². The third-order valence-electron chi connectivity index (χ3n) is 4.68. The molecule has 7 nitrogen and oxygen atoms in total. The Morgan fingerprint density at radius 3 is 2.43 bits per heavy atom. The molecule has 0 bridgehead atoms. The van der Waals surface area contributed by atoms with Crippen LogP contribution in [0.2, 0.25) is 0 Å². The second-order valence-corrected chi connectivity index (χ2v) is 6.46. The van der Waals surface area contributed by atoms with Gasteiger partial charge in [0.15, 0.2) is 5.82 Å². The van der Waals surface area contributed by atoms with Crippen LogP contribution >= 0.6 is 0 Å². The Morgan fingerprint density at radius 2 is 1.91 bits per heavy atom. The number of amides is 2. The first kappa shape index (κ1) is 16.0. The average molecular weight is 320 g/mol. The van der Waals surface area contributed by atoms with Crippen LogP contribution in [0, 0.1) is 18.8 Å². The van der Waals surface area contributed by atoms with E-state index in [2.05, 4.69) is 10.1 Å². The van der Waals surface area contributed by atoms with Crippen LogP contribution in [0.15, 0.2) is 4.52 Å². The smallest absolute Gasteiger partial charge is 0.226 e. The number of carbonyl (C=O) groups is 2. The van der Waals surface area contributed by atoms with Gasteiger partial charge in [-0.1, -0.05) is 5.16 Å². The second kappa shape index (κ2) is 6.68. The molecule has 1 aromatic heterocycles. The van der Waals surface area contributed by atoms with Crippen molar-refractivity contribution in [1.29, 1.82) is 0 Å². The number of piperidine rings is 1. The summed E-state index contributed by atoms with van der Waals surface area (Å²) in [4.78, 5) is 32.6. The van der Waals surface area contributed by atoms with Crippen molar-refractivity contribution in [1.82, 2.24) is 19.9 Å². The highest BCUT2D eigenvalue weighted by molar-refractivity contribution is 5.82. The first-order valence-corrected chi connectivity index (χ1v) is 8.45. The van der Waals surface area contributed by atoms with Crippen molar-refractivity contribution in [3.63, 3.8) is 0 Å². The first-order valence-electron chi connectivity index (χ1n) is 8.45. The number of likely N-dealkylation sites (tertiary alicyclic amines) is 1. The standard InChI is InChI=1S/C16H24N4O3/c1-3-19(10-14-17-11(2)23-18-14)15(21)13-6-8-20(9-7-13)16(22)12-4-5-12/h12-13H,3-10H2,1-2H3. The lowest BCUT2D eigenvalue weighted by atomic mass is 9.95. The Kier molecular flexibility index (Phi) is 4.63. The molecule has 0 aromatic carbocycles. The van der Waals surface area contributed by atoms with Crippen molar-refractivity contribution >= 4 is 11.8 Å². The molecule has 7 heteroatoms. The maximum Gasteiger partial charge on any atom is 0.226 e. The number of hydrogen-bond acceptors (Lipinski definition) is 5. The molecule has 0 spiro atoms. The fourth-order valence-corrected chi connectivity index (χ4v) is 3.12. The molecule has 1 aliphatic heterocycles. The quantitative estimate of drug-likeness (QED) is 0.819. The number of aromatic nitrogens is 2. The summed E-state index contributed by atoms with van der Waals surface area (Å²) < 4.78 is 4.96. The minimum absolute atomic E-state index is 0.00815. The van der Waals surface area contributed by atoms with Crippen LogP contribution in [-0.2, 0) is 16.1 Å². The van der Waals surface area contributed by atoms with E-state index in [9.17, 15) is 9.59 Å². The van der Waals surface area contributed by atoms with Crippen molar-refractivity contribution in [3.05, 3.63) is 11.7 Å². The Balaban J connectivity index is 1.53. The van der Waals surface area contributed by atoms with Crippen LogP contribution in [-0.4, -0.2) is 51.4 Å². The third-order valence-corrected chi connectivity index (χ3v) is 4.68. The van der Waals surface area contributed by atoms with Crippen molar-refractivity contribution < 1.29 is 14.1 Å². The molecule has 1 saturated heterocycles. The number of aryl methyl sites for hydroxylation is 1. The summed E-state index contributed by atoms with van der Waals surface area (Å²) in [6, 6.07) is 0. The van der Waals surface area contributed by atoms with Crippen molar-refractivity contribution in [2.75, 3.05) is 19.6 Å². The lowest BCUT2D eigenvalue weighted by Gasteiger charge is -2.33. The molecular weight excluding hydrogens is 296 g/mol. The summed E-state index contributed by atoms with van der Waals surface area (Å²) in [5.41, 5.74) is 0. The topological polar surface area (TPSA) is 79.5 Å². The highest BCUT2D eigenvalue weighted by Crippen LogP contribution is 2.32. The van der Waals surface area contributed by atoms with Gasteiger partial charge in [-0.2, -0.15) is 4.98 Å². The summed E-state index contributed by atoms with van der Waals surface area (Å²) in [6.07, 6.45) is 3.56. The molecule has 0 N–H and O–H groups in total. The van der Waals surface area contributed by atoms with Crippen molar-refractivity contribution in [2.45, 2.75) is 46.1 Å². The molecule has 0 atom stereocenters. The fraction of sp³-hybridized carbons (Fsp3) is 0.750. The maximum absolute atomic E-state index is 12.7. The van der Waals surface area contributed by atoms with Gasteiger partial charge in [0.1, 0.15) is 0 Å². The van der Waals surface area contributed by atoms with E-state index in [0.29, 0.717) is 37.9 Å². The maximum atomic E-state index is 12.7. The molecule has 1 aromatic rings. The molecule has 1 saturated carbocycles. The van der Waals surface area contributed by atoms with E-state index in [4.69, 9.17) is 4.52 Å². The van der Waals surface area contributed by atoms with Gasteiger partial charge in [0.05, 0.1) is 6.54 Å². The van der Waals surface area contributed by atoms with Gasteiger partial charge >= 0.3 is 0 Å². The van der Waals surface area contributed by atoms with Gasteiger partial charge in [-0.05, 0) is 32.6 Å². The summed E-state index contributed by atoms with van der Waals surface area (Å²) in [5, 5.41) is 3.86. The SMILES string of the molecule is CCN(Cc1noc(C)n1)C(=O)C1CCN(C(=O)C2CC2)CC1. The molecule has 1 aliphatic carbocycles. The van der Waals surface area contributed by atoms with Crippen molar-refractivity contribution in [2.24, 2.45) is 11.8 Å². The zero-order valence-corrected chi connectivity index (χ0v) is 13.8. The number of nitrogens with zero attached hydrogens (tertiary/aromatic N) is 4. The molecule has 3 rings (SSSR count). The molecule has 0 radical (unpaired) electrons. The highest BCUT2D eigenvalue weighted by Gasteiger charge is 2.36. The zero-order chi connectivity index (χ0) is 16.4. The van der Waals surface area contributed by atoms with Crippen LogP contribution in [0.4, 0.5) is 0 Å². The lowest BCUT2D eigenvalue weighted by molar-refractivity contribution is -0.141. The van der Waals surface area contributed by atoms with E-state index < -0.39 is 0 Å². The van der Waals surface area contributed by atoms with Gasteiger partial charge in [0.25, 0.3) is 0 Å². The molecule has 2 amide bonds. The minimum Gasteiger partial charge on any atom is -0.342 e. The number of hydrogen-bond donors (Lipinski definition) is 0. The number of carbonyl (C=O) groups excluding carboxylic acids is 2. The third kappa shape index (κ3) is 3.71. The second-order valence-electron chi connectivity index (χ2n) is 6.46. The minimum atomic E-state index is -0.00815. The largest absolute Gasteiger partial charge is 0.342 e. The predicted octanol–water partition coefficient (Wildman–Crippen LogP) is 1.38. The Bertz CT molecular complexity index is 574. The van der Waals surface area contributed by atoms with Gasteiger partial charge in [0.2, 0.25) is 17.7 Å². The molecular formula is C16H24N4O3. The molecule has 2 heterocycles. The molecule has 0 unspecified atom stereocenters. The lowest BCUT2D eigenvalue weighted by Crippen LogP contribution is -2.44. The van der Waals surface area contributed by atoms with Crippen LogP contribution in [0.5, 0.6) is 0 Å². The summed E-state index contributed by atoms with van der Waals surface area (Å²) in [6.45, 7) is 6.09. The molecule has 126 valence electrons. The normalized spacial score (nSPS) is 19.0. The average Bonchev–Trinajstić information content (AvgIpc) is 3.34. The molecule has 23 heavy (non-hydrogen) atoms. The van der Waals surface area contributed by atoms with E-state index in [0.717, 1.165) is 25.7 Å². The Morgan fingerprint density at radius 1 is 1.22 bits per heavy atom. The van der Waals surface area contributed by atoms with Gasteiger partial charge in [0, 0.05) is 38.4 Å². The van der Waals surface area contributed by atoms with E-state index in [-0.39, 0.29) is 23.7 Å². The van der Waals surface area contributed by atoms with Gasteiger partial charge in [-0.3, -0.25) is 9.59 Å². The van der Waals surface area contributed by atoms with Gasteiger partial charge in [-0.15, -0.1) is 0 Å². The van der Waals surface area contributed by atoms with Crippen LogP contribution in [0.3, 0.4) is 0 Å². The molecule has 2 fully saturated rings. The van der Waals surface area contributed by atoms with Crippen LogP contribution in [0.25, 0.3) is 0 Å². The van der Waals surface area contributed by atoms with E-state index in [1.165, 1.54) is 0 Å². The summed E-state index contributed by atoms with van der Waals surface area (Å²) in [5.74, 6) is 1.72. The van der Waals surface area contributed by atoms with Crippen molar-refractivity contribution in [3.8, 4) is 0 Å². The zero-order valence-electron chi connectivity index (χ0n) is 13.8. The predicted molar refractivity (Wildman–Crippen MR) is 82.2 cm³/mol. The fourth-order valence-electron chi connectivity index (χ4n) is 3.12. The Hall–Kier alpha value is -1.92. The summed E-state index contributed by atoms with van der Waals surface area (Å²) >= 11 is 0. The van der Waals surface area contributed by atoms with E-state index in [1.807, 2.05) is 11.8 Å². The van der Waals surface area contributed by atoms with Crippen LogP contribution < -0.4 is 0 Å². The first-order chi connectivity index (χ1) is 11.1. The monoisotopic (exact) mass is 320 g/mol. The van der Waals surface area contributed by atoms with Crippen LogP contribution in [0.1, 0.15) is 44.3 Å². The van der Waals surface area contributed by atoms with E-state index in [1.54, 1.807) is 11.8 Å². The van der Waals surface area contributed by atoms with E-state index >= 15 is 0 Å². The Labute approximate surface area is 136 Å². The van der Waals surface area contributed by atoms with Gasteiger partial charge < -0.3 is 14.3 Å². The number of rotatable bonds is 5. The summed E-state index contributed by atoms with van der Waals surface area (Å²) in [7, 11) is 0. The molecule has 2 aliphatic rings.